The fraction of sp³-hybridized carbons (Fsp3) is 0.562. The van der Waals surface area contributed by atoms with Crippen LogP contribution < -0.4 is 0 Å². The molecule has 0 amide bonds. The van der Waals surface area contributed by atoms with Crippen molar-refractivity contribution in [1.82, 2.24) is 0 Å². The summed E-state index contributed by atoms with van der Waals surface area (Å²) in [6.07, 6.45) is 5.34. The van der Waals surface area contributed by atoms with Gasteiger partial charge in [-0.15, -0.1) is 0 Å². The number of halogens is 1. The molecule has 0 N–H and O–H groups in total. The first-order valence-corrected chi connectivity index (χ1v) is 7.00. The zero-order valence-electron chi connectivity index (χ0n) is 11.2. The molecular formula is C16H19FO2. The van der Waals surface area contributed by atoms with Crippen LogP contribution >= 0.6 is 0 Å². The van der Waals surface area contributed by atoms with Crippen molar-refractivity contribution in [3.8, 4) is 0 Å². The number of carbonyl (C=O) groups is 1. The van der Waals surface area contributed by atoms with Crippen LogP contribution in [0.5, 0.6) is 0 Å². The zero-order chi connectivity index (χ0) is 13.5. The summed E-state index contributed by atoms with van der Waals surface area (Å²) < 4.78 is 19.6. The van der Waals surface area contributed by atoms with Crippen LogP contribution in [-0.2, 0) is 14.9 Å². The summed E-state index contributed by atoms with van der Waals surface area (Å²) in [5, 5.41) is 0. The van der Waals surface area contributed by atoms with Gasteiger partial charge in [0, 0.05) is 6.92 Å². The lowest BCUT2D eigenvalue weighted by molar-refractivity contribution is -0.170. The van der Waals surface area contributed by atoms with E-state index in [-0.39, 0.29) is 22.8 Å². The third-order valence-corrected chi connectivity index (χ3v) is 4.98. The summed E-state index contributed by atoms with van der Waals surface area (Å²) in [5.41, 5.74) is 0.553. The molecular weight excluding hydrogens is 243 g/mol. The molecule has 3 fully saturated rings. The van der Waals surface area contributed by atoms with Gasteiger partial charge in [0.2, 0.25) is 0 Å². The van der Waals surface area contributed by atoms with Gasteiger partial charge in [-0.05, 0) is 55.6 Å². The number of hydrogen-bond donors (Lipinski definition) is 0. The molecule has 3 saturated carbocycles. The first-order chi connectivity index (χ1) is 9.05. The van der Waals surface area contributed by atoms with E-state index in [0.717, 1.165) is 44.1 Å². The Kier molecular flexibility index (Phi) is 2.88. The van der Waals surface area contributed by atoms with Crippen molar-refractivity contribution in [3.05, 3.63) is 35.6 Å². The molecule has 0 atom stereocenters. The molecule has 0 aromatic heterocycles. The highest BCUT2D eigenvalue weighted by molar-refractivity contribution is 5.66. The number of carbonyl (C=O) groups excluding carboxylic acids is 1. The van der Waals surface area contributed by atoms with Crippen LogP contribution in [0.3, 0.4) is 0 Å². The summed E-state index contributed by atoms with van der Waals surface area (Å²) in [7, 11) is 0. The molecule has 0 spiro atoms. The Balaban J connectivity index is 1.85. The first kappa shape index (κ1) is 12.6. The van der Waals surface area contributed by atoms with Crippen LogP contribution in [0.1, 0.15) is 51.0 Å². The summed E-state index contributed by atoms with van der Waals surface area (Å²) in [4.78, 5) is 11.2. The zero-order valence-corrected chi connectivity index (χ0v) is 11.2. The van der Waals surface area contributed by atoms with Crippen molar-refractivity contribution in [2.24, 2.45) is 0 Å². The minimum atomic E-state index is -0.265. The molecule has 1 aromatic rings. The van der Waals surface area contributed by atoms with Crippen molar-refractivity contribution in [2.75, 3.05) is 0 Å². The minimum Gasteiger partial charge on any atom is -0.459 e. The molecule has 0 saturated heterocycles. The van der Waals surface area contributed by atoms with Crippen LogP contribution in [0.15, 0.2) is 24.3 Å². The van der Waals surface area contributed by atoms with Crippen molar-refractivity contribution >= 4 is 5.97 Å². The SMILES string of the molecule is CC(=O)OC12CCC(c3ccccc3F)(CC1)CC2. The van der Waals surface area contributed by atoms with Crippen LogP contribution in [0.4, 0.5) is 4.39 Å². The van der Waals surface area contributed by atoms with E-state index in [1.165, 1.54) is 6.92 Å². The van der Waals surface area contributed by atoms with Gasteiger partial charge < -0.3 is 4.74 Å². The molecule has 102 valence electrons. The van der Waals surface area contributed by atoms with Gasteiger partial charge in [0.1, 0.15) is 11.4 Å². The largest absolute Gasteiger partial charge is 0.459 e. The van der Waals surface area contributed by atoms with Gasteiger partial charge in [0.25, 0.3) is 0 Å². The molecule has 4 rings (SSSR count). The molecule has 1 aromatic carbocycles. The van der Waals surface area contributed by atoms with E-state index in [1.807, 2.05) is 12.1 Å². The summed E-state index contributed by atoms with van der Waals surface area (Å²) in [6.45, 7) is 1.47. The predicted octanol–water partition coefficient (Wildman–Crippen LogP) is 3.73. The predicted molar refractivity (Wildman–Crippen MR) is 70.3 cm³/mol. The van der Waals surface area contributed by atoms with Gasteiger partial charge >= 0.3 is 5.97 Å². The Morgan fingerprint density at radius 2 is 1.68 bits per heavy atom. The maximum Gasteiger partial charge on any atom is 0.303 e. The Labute approximate surface area is 113 Å². The van der Waals surface area contributed by atoms with Gasteiger partial charge in [0.15, 0.2) is 0 Å². The highest BCUT2D eigenvalue weighted by Crippen LogP contribution is 2.55. The van der Waals surface area contributed by atoms with E-state index in [4.69, 9.17) is 4.74 Å². The number of benzene rings is 1. The number of hydrogen-bond acceptors (Lipinski definition) is 2. The maximum atomic E-state index is 14.0. The maximum absolute atomic E-state index is 14.0. The van der Waals surface area contributed by atoms with Crippen molar-refractivity contribution in [1.29, 1.82) is 0 Å². The van der Waals surface area contributed by atoms with Crippen LogP contribution in [0, 0.1) is 5.82 Å². The lowest BCUT2D eigenvalue weighted by Crippen LogP contribution is -2.50. The van der Waals surface area contributed by atoms with E-state index >= 15 is 0 Å². The minimum absolute atomic E-state index is 0.0345. The van der Waals surface area contributed by atoms with Gasteiger partial charge in [-0.25, -0.2) is 4.39 Å². The standard InChI is InChI=1S/C16H19FO2/c1-12(18)19-16-9-6-15(7-10-16,8-11-16)13-4-2-3-5-14(13)17/h2-5H,6-11H2,1H3. The highest BCUT2D eigenvalue weighted by Gasteiger charge is 2.51. The van der Waals surface area contributed by atoms with Crippen molar-refractivity contribution in [2.45, 2.75) is 56.5 Å². The van der Waals surface area contributed by atoms with Crippen LogP contribution in [0.2, 0.25) is 0 Å². The molecule has 2 nitrogen and oxygen atoms in total. The smallest absolute Gasteiger partial charge is 0.303 e. The number of rotatable bonds is 2. The van der Waals surface area contributed by atoms with E-state index in [2.05, 4.69) is 0 Å². The number of fused-ring (bicyclic) bond motifs is 3. The Hall–Kier alpha value is -1.38. The molecule has 3 aliphatic rings. The monoisotopic (exact) mass is 262 g/mol. The molecule has 19 heavy (non-hydrogen) atoms. The van der Waals surface area contributed by atoms with Gasteiger partial charge in [-0.3, -0.25) is 4.79 Å². The van der Waals surface area contributed by atoms with Crippen LogP contribution in [0.25, 0.3) is 0 Å². The Bertz CT molecular complexity index is 485. The van der Waals surface area contributed by atoms with E-state index in [0.29, 0.717) is 0 Å². The lowest BCUT2D eigenvalue weighted by Gasteiger charge is -2.52. The first-order valence-electron chi connectivity index (χ1n) is 7.00. The molecule has 0 unspecified atom stereocenters. The second kappa shape index (κ2) is 4.32. The lowest BCUT2D eigenvalue weighted by atomic mass is 9.56. The third kappa shape index (κ3) is 2.05. The van der Waals surface area contributed by atoms with Gasteiger partial charge in [-0.2, -0.15) is 0 Å². The van der Waals surface area contributed by atoms with Crippen molar-refractivity contribution in [3.63, 3.8) is 0 Å². The summed E-state index contributed by atoms with van der Waals surface area (Å²) in [6, 6.07) is 7.12. The molecule has 0 radical (unpaired) electrons. The number of esters is 1. The fourth-order valence-corrected chi connectivity index (χ4v) is 3.90. The number of ether oxygens (including phenoxy) is 1. The van der Waals surface area contributed by atoms with Crippen LogP contribution in [-0.4, -0.2) is 11.6 Å². The van der Waals surface area contributed by atoms with E-state index in [9.17, 15) is 9.18 Å². The molecule has 0 aliphatic heterocycles. The normalized spacial score (nSPS) is 33.2. The highest BCUT2D eigenvalue weighted by atomic mass is 19.1. The second-order valence-corrected chi connectivity index (χ2v) is 6.04. The molecule has 3 aliphatic carbocycles. The fourth-order valence-electron chi connectivity index (χ4n) is 3.90. The Morgan fingerprint density at radius 1 is 1.11 bits per heavy atom. The summed E-state index contributed by atoms with van der Waals surface area (Å²) in [5.74, 6) is -0.287. The van der Waals surface area contributed by atoms with E-state index in [1.54, 1.807) is 12.1 Å². The van der Waals surface area contributed by atoms with E-state index < -0.39 is 0 Å². The second-order valence-electron chi connectivity index (χ2n) is 6.04. The Morgan fingerprint density at radius 3 is 2.21 bits per heavy atom. The molecule has 3 heteroatoms. The van der Waals surface area contributed by atoms with Gasteiger partial charge in [0.05, 0.1) is 0 Å². The molecule has 0 heterocycles. The topological polar surface area (TPSA) is 26.3 Å². The quantitative estimate of drug-likeness (QED) is 0.759. The average molecular weight is 262 g/mol. The third-order valence-electron chi connectivity index (χ3n) is 4.98. The average Bonchev–Trinajstić information content (AvgIpc) is 2.40. The summed E-state index contributed by atoms with van der Waals surface area (Å²) >= 11 is 0. The molecule has 2 bridgehead atoms. The van der Waals surface area contributed by atoms with Gasteiger partial charge in [-0.1, -0.05) is 18.2 Å². The van der Waals surface area contributed by atoms with Crippen molar-refractivity contribution < 1.29 is 13.9 Å².